The van der Waals surface area contributed by atoms with Crippen LogP contribution in [0, 0.1) is 0 Å². The highest BCUT2D eigenvalue weighted by Gasteiger charge is 2.09. The fraction of sp³-hybridized carbons (Fsp3) is 0.619. The molecule has 1 aromatic heterocycles. The molecule has 7 heteroatoms. The molecule has 0 amide bonds. The zero-order valence-electron chi connectivity index (χ0n) is 16.9. The fourth-order valence-electron chi connectivity index (χ4n) is 3.58. The van der Waals surface area contributed by atoms with E-state index in [0.29, 0.717) is 18.4 Å². The summed E-state index contributed by atoms with van der Waals surface area (Å²) in [6.45, 7) is 4.66. The van der Waals surface area contributed by atoms with Crippen LogP contribution in [-0.4, -0.2) is 51.0 Å². The van der Waals surface area contributed by atoms with E-state index in [1.807, 2.05) is 13.1 Å². The van der Waals surface area contributed by atoms with Gasteiger partial charge in [0.15, 0.2) is 5.82 Å². The second-order valence-electron chi connectivity index (χ2n) is 7.45. The Hall–Kier alpha value is -2.12. The van der Waals surface area contributed by atoms with E-state index in [9.17, 15) is 0 Å². The molecular formula is C21H33N5O2. The number of aryl methyl sites for hydroxylation is 1. The van der Waals surface area contributed by atoms with Crippen molar-refractivity contribution in [2.24, 2.45) is 7.05 Å². The molecule has 1 fully saturated rings. The van der Waals surface area contributed by atoms with Gasteiger partial charge in [-0.05, 0) is 50.0 Å². The molecule has 154 valence electrons. The van der Waals surface area contributed by atoms with E-state index in [1.165, 1.54) is 50.8 Å². The topological polar surface area (TPSA) is 75.4 Å². The van der Waals surface area contributed by atoms with Gasteiger partial charge in [0.25, 0.3) is 0 Å². The predicted molar refractivity (Wildman–Crippen MR) is 110 cm³/mol. The zero-order valence-corrected chi connectivity index (χ0v) is 16.9. The zero-order chi connectivity index (χ0) is 19.6. The lowest BCUT2D eigenvalue weighted by atomic mass is 10.1. The summed E-state index contributed by atoms with van der Waals surface area (Å²) in [5.41, 5.74) is 1.33. The maximum absolute atomic E-state index is 9.07. The molecule has 0 saturated carbocycles. The lowest BCUT2D eigenvalue weighted by molar-refractivity contribution is 0.239. The summed E-state index contributed by atoms with van der Waals surface area (Å²) < 4.78 is 7.57. The molecule has 1 aliphatic rings. The van der Waals surface area contributed by atoms with Gasteiger partial charge >= 0.3 is 0 Å². The van der Waals surface area contributed by atoms with Gasteiger partial charge in [-0.15, -0.1) is 0 Å². The van der Waals surface area contributed by atoms with E-state index in [0.717, 1.165) is 25.3 Å². The predicted octanol–water partition coefficient (Wildman–Crippen LogP) is 2.95. The number of rotatable bonds is 9. The minimum absolute atomic E-state index is 0.146. The van der Waals surface area contributed by atoms with Crippen LogP contribution in [0.1, 0.15) is 49.9 Å². The molecule has 1 saturated heterocycles. The summed E-state index contributed by atoms with van der Waals surface area (Å²) in [5.74, 6) is 2.03. The summed E-state index contributed by atoms with van der Waals surface area (Å²) in [4.78, 5) is 6.78. The average molecular weight is 388 g/mol. The van der Waals surface area contributed by atoms with Gasteiger partial charge < -0.3 is 15.2 Å². The van der Waals surface area contributed by atoms with Gasteiger partial charge in [0, 0.05) is 20.1 Å². The first-order chi connectivity index (χ1) is 13.7. The second kappa shape index (κ2) is 11.0. The van der Waals surface area contributed by atoms with Crippen molar-refractivity contribution in [2.45, 2.75) is 51.7 Å². The van der Waals surface area contributed by atoms with Gasteiger partial charge in [-0.1, -0.05) is 31.4 Å². The third-order valence-electron chi connectivity index (χ3n) is 5.07. The molecule has 0 atom stereocenters. The van der Waals surface area contributed by atoms with Crippen LogP contribution >= 0.6 is 0 Å². The molecule has 2 aromatic rings. The summed E-state index contributed by atoms with van der Waals surface area (Å²) in [6, 6.07) is 8.48. The van der Waals surface area contributed by atoms with Crippen molar-refractivity contribution in [1.82, 2.24) is 19.7 Å². The highest BCUT2D eigenvalue weighted by molar-refractivity contribution is 5.28. The minimum atomic E-state index is -0.146. The van der Waals surface area contributed by atoms with Crippen molar-refractivity contribution < 1.29 is 9.84 Å². The first-order valence-corrected chi connectivity index (χ1v) is 10.4. The van der Waals surface area contributed by atoms with Gasteiger partial charge in [0.05, 0.1) is 6.61 Å². The quantitative estimate of drug-likeness (QED) is 0.645. The number of likely N-dealkylation sites (tertiary alicyclic amines) is 1. The molecule has 7 nitrogen and oxygen atoms in total. The number of ether oxygens (including phenoxy) is 1. The van der Waals surface area contributed by atoms with Gasteiger partial charge in [0.1, 0.15) is 12.4 Å². The van der Waals surface area contributed by atoms with Gasteiger partial charge in [-0.2, -0.15) is 10.1 Å². The number of aromatic nitrogens is 3. The number of aliphatic hydroxyl groups is 1. The van der Waals surface area contributed by atoms with E-state index in [4.69, 9.17) is 9.84 Å². The van der Waals surface area contributed by atoms with Crippen molar-refractivity contribution >= 4 is 5.95 Å². The Morgan fingerprint density at radius 1 is 1.14 bits per heavy atom. The van der Waals surface area contributed by atoms with Crippen LogP contribution in [0.25, 0.3) is 0 Å². The van der Waals surface area contributed by atoms with E-state index >= 15 is 0 Å². The van der Waals surface area contributed by atoms with E-state index in [2.05, 4.69) is 38.5 Å². The van der Waals surface area contributed by atoms with E-state index in [-0.39, 0.29) is 6.61 Å². The van der Waals surface area contributed by atoms with E-state index < -0.39 is 0 Å². The molecule has 0 unspecified atom stereocenters. The average Bonchev–Trinajstić information content (AvgIpc) is 3.04. The molecule has 0 aliphatic carbocycles. The molecule has 0 bridgehead atoms. The number of anilines is 1. The van der Waals surface area contributed by atoms with E-state index in [1.54, 1.807) is 4.68 Å². The standard InChI is InChI=1S/C21H33N5O2/c1-25-21(23-20(17-27)24-25)22-11-8-14-28-19-10-7-9-18(15-19)16-26-12-5-3-2-4-6-13-26/h7,9-10,15,27H,2-6,8,11-14,16-17H2,1H3,(H,22,23,24). The SMILES string of the molecule is Cn1nc(CO)nc1NCCCOc1cccc(CN2CCCCCCC2)c1. The third-order valence-corrected chi connectivity index (χ3v) is 5.07. The Morgan fingerprint density at radius 3 is 2.68 bits per heavy atom. The number of hydrogen-bond donors (Lipinski definition) is 2. The van der Waals surface area contributed by atoms with Crippen molar-refractivity contribution in [1.29, 1.82) is 0 Å². The van der Waals surface area contributed by atoms with Gasteiger partial charge in [-0.3, -0.25) is 4.90 Å². The molecule has 28 heavy (non-hydrogen) atoms. The summed E-state index contributed by atoms with van der Waals surface area (Å²) in [5, 5.41) is 16.4. The monoisotopic (exact) mass is 387 g/mol. The summed E-state index contributed by atoms with van der Waals surface area (Å²) >= 11 is 0. The van der Waals surface area contributed by atoms with Crippen molar-refractivity contribution in [3.63, 3.8) is 0 Å². The van der Waals surface area contributed by atoms with Gasteiger partial charge in [0.2, 0.25) is 5.95 Å². The second-order valence-corrected chi connectivity index (χ2v) is 7.45. The number of hydrogen-bond acceptors (Lipinski definition) is 6. The smallest absolute Gasteiger partial charge is 0.221 e. The lowest BCUT2D eigenvalue weighted by Crippen LogP contribution is -2.26. The van der Waals surface area contributed by atoms with Gasteiger partial charge in [-0.25, -0.2) is 4.68 Å². The molecule has 2 heterocycles. The molecule has 0 spiro atoms. The molecule has 0 radical (unpaired) electrons. The van der Waals surface area contributed by atoms with Crippen LogP contribution in [0.4, 0.5) is 5.95 Å². The van der Waals surface area contributed by atoms with Crippen molar-refractivity contribution in [3.8, 4) is 5.75 Å². The van der Waals surface area contributed by atoms with Crippen LogP contribution in [0.2, 0.25) is 0 Å². The largest absolute Gasteiger partial charge is 0.494 e. The maximum atomic E-state index is 9.07. The Bertz CT molecular complexity index is 711. The summed E-state index contributed by atoms with van der Waals surface area (Å²) in [7, 11) is 1.81. The van der Waals surface area contributed by atoms with Crippen LogP contribution in [-0.2, 0) is 20.2 Å². The molecule has 3 rings (SSSR count). The Morgan fingerprint density at radius 2 is 1.93 bits per heavy atom. The van der Waals surface area contributed by atoms with Crippen LogP contribution in [0.15, 0.2) is 24.3 Å². The Balaban J connectivity index is 1.39. The number of nitrogens with zero attached hydrogens (tertiary/aromatic N) is 4. The van der Waals surface area contributed by atoms with Crippen molar-refractivity contribution in [3.05, 3.63) is 35.7 Å². The first kappa shape index (κ1) is 20.6. The molecule has 1 aliphatic heterocycles. The van der Waals surface area contributed by atoms with Crippen LogP contribution < -0.4 is 10.1 Å². The first-order valence-electron chi connectivity index (χ1n) is 10.4. The maximum Gasteiger partial charge on any atom is 0.221 e. The highest BCUT2D eigenvalue weighted by Crippen LogP contribution is 2.17. The fourth-order valence-corrected chi connectivity index (χ4v) is 3.58. The molecule has 2 N–H and O–H groups in total. The highest BCUT2D eigenvalue weighted by atomic mass is 16.5. The number of benzene rings is 1. The number of aliphatic hydroxyl groups excluding tert-OH is 1. The van der Waals surface area contributed by atoms with Crippen molar-refractivity contribution in [2.75, 3.05) is 31.6 Å². The summed E-state index contributed by atoms with van der Waals surface area (Å²) in [6.07, 6.45) is 7.61. The third kappa shape index (κ3) is 6.49. The minimum Gasteiger partial charge on any atom is -0.494 e. The molecular weight excluding hydrogens is 354 g/mol. The number of nitrogens with one attached hydrogen (secondary N) is 1. The van der Waals surface area contributed by atoms with Crippen LogP contribution in [0.3, 0.4) is 0 Å². The lowest BCUT2D eigenvalue weighted by Gasteiger charge is -2.24. The normalized spacial score (nSPS) is 15.8. The molecule has 1 aromatic carbocycles. The van der Waals surface area contributed by atoms with Crippen LogP contribution in [0.5, 0.6) is 5.75 Å². The Labute approximate surface area is 167 Å². The Kier molecular flexibility index (Phi) is 8.11.